The zero-order valence-electron chi connectivity index (χ0n) is 8.45. The maximum atomic E-state index is 4.22. The van der Waals surface area contributed by atoms with E-state index in [9.17, 15) is 0 Å². The quantitative estimate of drug-likeness (QED) is 0.788. The number of nitrogens with one attached hydrogen (secondary N) is 1. The number of rotatable bonds is 4. The summed E-state index contributed by atoms with van der Waals surface area (Å²) in [5.74, 6) is 0.895. The van der Waals surface area contributed by atoms with Crippen molar-refractivity contribution in [3.63, 3.8) is 0 Å². The van der Waals surface area contributed by atoms with E-state index in [1.807, 2.05) is 6.20 Å². The molecule has 0 saturated heterocycles. The molecule has 1 saturated carbocycles. The van der Waals surface area contributed by atoms with Crippen molar-refractivity contribution in [3.05, 3.63) is 24.3 Å². The van der Waals surface area contributed by atoms with E-state index < -0.39 is 0 Å². The highest BCUT2D eigenvalue weighted by Gasteiger charge is 2.13. The largest absolute Gasteiger partial charge is 0.311 e. The normalized spacial score (nSPS) is 17.4. The maximum absolute atomic E-state index is 4.22. The Morgan fingerprint density at radius 1 is 1.29 bits per heavy atom. The average Bonchev–Trinajstić information content (AvgIpc) is 2.72. The highest BCUT2D eigenvalue weighted by Crippen LogP contribution is 2.23. The van der Waals surface area contributed by atoms with Crippen LogP contribution in [0.1, 0.15) is 31.4 Å². The van der Waals surface area contributed by atoms with Crippen molar-refractivity contribution < 1.29 is 0 Å². The summed E-state index contributed by atoms with van der Waals surface area (Å²) in [7, 11) is 0. The fraction of sp³-hybridized carbons (Fsp3) is 0.636. The first kappa shape index (κ1) is 9.59. The van der Waals surface area contributed by atoms with Crippen LogP contribution in [0.4, 0.5) is 0 Å². The van der Waals surface area contributed by atoms with Crippen molar-refractivity contribution in [2.75, 3.05) is 6.54 Å². The van der Waals surface area contributed by atoms with Crippen LogP contribution < -0.4 is 5.32 Å². The first-order valence-electron chi connectivity index (χ1n) is 5.41. The average molecular weight is 191 g/mol. The fourth-order valence-electron chi connectivity index (χ4n) is 2.04. The van der Waals surface area contributed by atoms with Crippen molar-refractivity contribution in [2.45, 2.75) is 32.2 Å². The van der Waals surface area contributed by atoms with Crippen molar-refractivity contribution in [3.8, 4) is 0 Å². The van der Waals surface area contributed by atoms with E-state index in [-0.39, 0.29) is 0 Å². The second-order valence-electron chi connectivity index (χ2n) is 3.98. The molecule has 0 amide bonds. The van der Waals surface area contributed by atoms with Crippen LogP contribution in [0.5, 0.6) is 0 Å². The Kier molecular flexibility index (Phi) is 3.46. The van der Waals surface area contributed by atoms with E-state index in [1.165, 1.54) is 25.7 Å². The van der Waals surface area contributed by atoms with Crippen LogP contribution in [0.25, 0.3) is 0 Å². The predicted octanol–water partition coefficient (Wildman–Crippen LogP) is 1.76. The van der Waals surface area contributed by atoms with E-state index in [4.69, 9.17) is 0 Å². The van der Waals surface area contributed by atoms with Crippen LogP contribution in [0, 0.1) is 5.92 Å². The molecule has 14 heavy (non-hydrogen) atoms. The maximum Gasteiger partial charge on any atom is 0.0724 e. The number of aromatic nitrogens is 2. The van der Waals surface area contributed by atoms with E-state index in [1.54, 1.807) is 12.4 Å². The molecule has 2 rings (SSSR count). The Morgan fingerprint density at radius 2 is 2.14 bits per heavy atom. The smallest absolute Gasteiger partial charge is 0.0724 e. The van der Waals surface area contributed by atoms with Gasteiger partial charge in [-0.05, 0) is 25.3 Å². The molecule has 1 aromatic rings. The summed E-state index contributed by atoms with van der Waals surface area (Å²) >= 11 is 0. The van der Waals surface area contributed by atoms with Gasteiger partial charge >= 0.3 is 0 Å². The predicted molar refractivity (Wildman–Crippen MR) is 55.7 cm³/mol. The Balaban J connectivity index is 1.67. The molecule has 0 aromatic carbocycles. The molecule has 0 spiro atoms. The molecule has 0 unspecified atom stereocenters. The van der Waals surface area contributed by atoms with Crippen molar-refractivity contribution in [1.82, 2.24) is 15.3 Å². The fourth-order valence-corrected chi connectivity index (χ4v) is 2.04. The van der Waals surface area contributed by atoms with Crippen LogP contribution in [0.3, 0.4) is 0 Å². The lowest BCUT2D eigenvalue weighted by Gasteiger charge is -2.09. The Bertz CT molecular complexity index is 254. The van der Waals surface area contributed by atoms with Gasteiger partial charge < -0.3 is 5.32 Å². The molecule has 0 aliphatic heterocycles. The summed E-state index contributed by atoms with van der Waals surface area (Å²) in [5.41, 5.74) is 1.03. The third kappa shape index (κ3) is 2.77. The lowest BCUT2D eigenvalue weighted by molar-refractivity contribution is 0.486. The molecule has 3 heteroatoms. The molecule has 1 aliphatic rings. The van der Waals surface area contributed by atoms with Gasteiger partial charge in [0.1, 0.15) is 0 Å². The van der Waals surface area contributed by atoms with Crippen LogP contribution in [-0.4, -0.2) is 16.5 Å². The van der Waals surface area contributed by atoms with Gasteiger partial charge in [0.25, 0.3) is 0 Å². The minimum absolute atomic E-state index is 0.852. The van der Waals surface area contributed by atoms with E-state index in [2.05, 4.69) is 15.3 Å². The molecular formula is C11H17N3. The van der Waals surface area contributed by atoms with Crippen molar-refractivity contribution >= 4 is 0 Å². The zero-order valence-corrected chi connectivity index (χ0v) is 8.45. The lowest BCUT2D eigenvalue weighted by Crippen LogP contribution is -2.21. The van der Waals surface area contributed by atoms with Gasteiger partial charge in [-0.2, -0.15) is 0 Å². The molecule has 1 N–H and O–H groups in total. The van der Waals surface area contributed by atoms with E-state index in [0.29, 0.717) is 0 Å². The summed E-state index contributed by atoms with van der Waals surface area (Å²) < 4.78 is 0. The number of nitrogens with zero attached hydrogens (tertiary/aromatic N) is 2. The molecule has 0 radical (unpaired) electrons. The number of hydrogen-bond acceptors (Lipinski definition) is 3. The first-order chi connectivity index (χ1) is 6.95. The minimum Gasteiger partial charge on any atom is -0.311 e. The van der Waals surface area contributed by atoms with E-state index in [0.717, 1.165) is 24.7 Å². The Labute approximate surface area is 85.0 Å². The summed E-state index contributed by atoms with van der Waals surface area (Å²) in [6.45, 7) is 1.99. The Morgan fingerprint density at radius 3 is 2.86 bits per heavy atom. The second kappa shape index (κ2) is 5.05. The van der Waals surface area contributed by atoms with Gasteiger partial charge in [0.05, 0.1) is 5.69 Å². The minimum atomic E-state index is 0.852. The highest BCUT2D eigenvalue weighted by atomic mass is 14.9. The molecule has 1 aromatic heterocycles. The van der Waals surface area contributed by atoms with Gasteiger partial charge in [-0.1, -0.05) is 12.8 Å². The van der Waals surface area contributed by atoms with Crippen molar-refractivity contribution in [1.29, 1.82) is 0 Å². The van der Waals surface area contributed by atoms with Gasteiger partial charge in [-0.25, -0.2) is 0 Å². The summed E-state index contributed by atoms with van der Waals surface area (Å²) in [4.78, 5) is 8.25. The van der Waals surface area contributed by atoms with Gasteiger partial charge in [0.2, 0.25) is 0 Å². The molecule has 0 bridgehead atoms. The second-order valence-corrected chi connectivity index (χ2v) is 3.98. The van der Waals surface area contributed by atoms with Gasteiger partial charge in [-0.15, -0.1) is 0 Å². The van der Waals surface area contributed by atoms with Gasteiger partial charge in [0, 0.05) is 25.1 Å². The summed E-state index contributed by atoms with van der Waals surface area (Å²) in [6, 6.07) is 0. The summed E-state index contributed by atoms with van der Waals surface area (Å²) in [6.07, 6.45) is 10.9. The molecule has 76 valence electrons. The molecule has 1 heterocycles. The first-order valence-corrected chi connectivity index (χ1v) is 5.41. The molecule has 0 atom stereocenters. The monoisotopic (exact) mass is 191 g/mol. The Hall–Kier alpha value is -0.960. The highest BCUT2D eigenvalue weighted by molar-refractivity contribution is 4.93. The van der Waals surface area contributed by atoms with Crippen LogP contribution in [0.2, 0.25) is 0 Å². The lowest BCUT2D eigenvalue weighted by atomic mass is 10.1. The van der Waals surface area contributed by atoms with Gasteiger partial charge in [-0.3, -0.25) is 9.97 Å². The third-order valence-corrected chi connectivity index (χ3v) is 2.83. The van der Waals surface area contributed by atoms with E-state index >= 15 is 0 Å². The molecule has 1 fully saturated rings. The SMILES string of the molecule is c1cnc(CNCC2CCCC2)cn1. The van der Waals surface area contributed by atoms with Crippen LogP contribution >= 0.6 is 0 Å². The standard InChI is InChI=1S/C11H17N3/c1-2-4-10(3-1)7-13-9-11-8-12-5-6-14-11/h5-6,8,10,13H,1-4,7,9H2. The number of hydrogen-bond donors (Lipinski definition) is 1. The van der Waals surface area contributed by atoms with Crippen molar-refractivity contribution in [2.24, 2.45) is 5.92 Å². The topological polar surface area (TPSA) is 37.8 Å². The van der Waals surface area contributed by atoms with Crippen LogP contribution in [-0.2, 0) is 6.54 Å². The van der Waals surface area contributed by atoms with Gasteiger partial charge in [0.15, 0.2) is 0 Å². The summed E-state index contributed by atoms with van der Waals surface area (Å²) in [5, 5.41) is 3.44. The molecule has 1 aliphatic carbocycles. The zero-order chi connectivity index (χ0) is 9.64. The van der Waals surface area contributed by atoms with Crippen LogP contribution in [0.15, 0.2) is 18.6 Å². The molecular weight excluding hydrogens is 174 g/mol. The third-order valence-electron chi connectivity index (χ3n) is 2.83. The molecule has 3 nitrogen and oxygen atoms in total.